The molecule has 21 heavy (non-hydrogen) atoms. The van der Waals surface area contributed by atoms with Crippen molar-refractivity contribution in [1.29, 1.82) is 0 Å². The predicted molar refractivity (Wildman–Crippen MR) is 87.5 cm³/mol. The first kappa shape index (κ1) is 14.6. The molecule has 2 atom stereocenters. The van der Waals surface area contributed by atoms with Crippen molar-refractivity contribution in [1.82, 2.24) is 4.98 Å². The van der Waals surface area contributed by atoms with Crippen LogP contribution in [0.3, 0.4) is 0 Å². The molecule has 2 unspecified atom stereocenters. The van der Waals surface area contributed by atoms with Gasteiger partial charge >= 0.3 is 0 Å². The lowest BCUT2D eigenvalue weighted by Gasteiger charge is -2.29. The summed E-state index contributed by atoms with van der Waals surface area (Å²) in [5.41, 5.74) is 7.56. The summed E-state index contributed by atoms with van der Waals surface area (Å²) < 4.78 is 12.6. The van der Waals surface area contributed by atoms with Gasteiger partial charge in [0.2, 0.25) is 0 Å². The fourth-order valence-corrected chi connectivity index (χ4v) is 3.22. The summed E-state index contributed by atoms with van der Waals surface area (Å²) in [4.78, 5) is 4.46. The quantitative estimate of drug-likeness (QED) is 0.852. The lowest BCUT2D eigenvalue weighted by Crippen LogP contribution is -2.29. The molecular formula is C16H19BrN2O2. The van der Waals surface area contributed by atoms with Crippen molar-refractivity contribution in [2.45, 2.75) is 37.9 Å². The Morgan fingerprint density at radius 1 is 1.29 bits per heavy atom. The molecule has 0 saturated heterocycles. The summed E-state index contributed by atoms with van der Waals surface area (Å²) >= 11 is 3.43. The lowest BCUT2D eigenvalue weighted by molar-refractivity contribution is 0.0214. The van der Waals surface area contributed by atoms with Crippen LogP contribution in [0.4, 0.5) is 5.69 Å². The Morgan fingerprint density at radius 3 is 2.90 bits per heavy atom. The van der Waals surface area contributed by atoms with Crippen LogP contribution in [0.2, 0.25) is 0 Å². The molecule has 1 aliphatic carbocycles. The number of methoxy groups -OCH3 is 1. The van der Waals surface area contributed by atoms with Crippen molar-refractivity contribution >= 4 is 32.5 Å². The minimum atomic E-state index is 0.181. The van der Waals surface area contributed by atoms with Gasteiger partial charge in [0, 0.05) is 35.3 Å². The number of fused-ring (bicyclic) bond motifs is 1. The van der Waals surface area contributed by atoms with E-state index in [1.54, 1.807) is 13.3 Å². The van der Waals surface area contributed by atoms with E-state index in [1.165, 1.54) is 0 Å². The van der Waals surface area contributed by atoms with Gasteiger partial charge in [0.25, 0.3) is 0 Å². The molecule has 1 saturated carbocycles. The van der Waals surface area contributed by atoms with E-state index in [-0.39, 0.29) is 6.10 Å². The van der Waals surface area contributed by atoms with Gasteiger partial charge in [-0.05, 0) is 53.4 Å². The highest BCUT2D eigenvalue weighted by Gasteiger charge is 2.23. The minimum absolute atomic E-state index is 0.181. The summed E-state index contributed by atoms with van der Waals surface area (Å²) in [6, 6.07) is 5.76. The molecule has 2 aromatic rings. The van der Waals surface area contributed by atoms with Crippen LogP contribution < -0.4 is 10.5 Å². The topological polar surface area (TPSA) is 57.4 Å². The van der Waals surface area contributed by atoms with E-state index in [0.717, 1.165) is 46.8 Å². The van der Waals surface area contributed by atoms with Gasteiger partial charge in [0.15, 0.2) is 0 Å². The van der Waals surface area contributed by atoms with Crippen LogP contribution in [-0.4, -0.2) is 24.3 Å². The highest BCUT2D eigenvalue weighted by molar-refractivity contribution is 9.10. The van der Waals surface area contributed by atoms with Crippen LogP contribution in [0.15, 0.2) is 28.9 Å². The lowest BCUT2D eigenvalue weighted by atomic mass is 9.95. The first-order valence-electron chi connectivity index (χ1n) is 7.20. The first-order valence-corrected chi connectivity index (χ1v) is 8.00. The molecule has 1 aromatic carbocycles. The van der Waals surface area contributed by atoms with Crippen molar-refractivity contribution in [3.63, 3.8) is 0 Å². The van der Waals surface area contributed by atoms with E-state index in [4.69, 9.17) is 15.2 Å². The molecule has 4 nitrogen and oxygen atoms in total. The zero-order valence-corrected chi connectivity index (χ0v) is 13.6. The van der Waals surface area contributed by atoms with Crippen molar-refractivity contribution in [3.8, 4) is 5.75 Å². The Labute approximate surface area is 132 Å². The highest BCUT2D eigenvalue weighted by Crippen LogP contribution is 2.33. The number of rotatable bonds is 3. The number of aromatic nitrogens is 1. The molecule has 0 bridgehead atoms. The van der Waals surface area contributed by atoms with Gasteiger partial charge in [-0.25, -0.2) is 0 Å². The third-order valence-corrected chi connectivity index (χ3v) is 4.45. The molecule has 5 heteroatoms. The molecule has 1 heterocycles. The molecule has 112 valence electrons. The zero-order valence-electron chi connectivity index (χ0n) is 12.0. The normalized spacial score (nSPS) is 22.4. The number of anilines is 1. The number of nitrogen functional groups attached to an aromatic ring is 1. The SMILES string of the molecule is COC1CCCC(Oc2ccc(N)c3cc(Br)cnc23)C1. The standard InChI is InChI=1S/C16H19BrN2O2/c1-20-11-3-2-4-12(8-11)21-15-6-5-14(18)13-7-10(17)9-19-16(13)15/h5-7,9,11-12H,2-4,8,18H2,1H3. The maximum Gasteiger partial charge on any atom is 0.146 e. The van der Waals surface area contributed by atoms with Crippen LogP contribution in [0.5, 0.6) is 5.75 Å². The zero-order chi connectivity index (χ0) is 14.8. The molecule has 0 aliphatic heterocycles. The summed E-state index contributed by atoms with van der Waals surface area (Å²) in [6.45, 7) is 0. The van der Waals surface area contributed by atoms with Gasteiger partial charge in [-0.1, -0.05) is 0 Å². The summed E-state index contributed by atoms with van der Waals surface area (Å²) in [5, 5.41) is 0.918. The molecule has 1 aromatic heterocycles. The van der Waals surface area contributed by atoms with Gasteiger partial charge < -0.3 is 15.2 Å². The van der Waals surface area contributed by atoms with Crippen molar-refractivity contribution in [2.24, 2.45) is 0 Å². The third kappa shape index (κ3) is 3.14. The van der Waals surface area contributed by atoms with E-state index in [1.807, 2.05) is 18.2 Å². The first-order chi connectivity index (χ1) is 10.2. The molecule has 0 radical (unpaired) electrons. The van der Waals surface area contributed by atoms with E-state index in [2.05, 4.69) is 20.9 Å². The monoisotopic (exact) mass is 350 g/mol. The maximum absolute atomic E-state index is 6.18. The van der Waals surface area contributed by atoms with E-state index >= 15 is 0 Å². The second-order valence-electron chi connectivity index (χ2n) is 5.47. The Morgan fingerprint density at radius 2 is 2.10 bits per heavy atom. The summed E-state index contributed by atoms with van der Waals surface area (Å²) in [7, 11) is 1.77. The number of hydrogen-bond donors (Lipinski definition) is 1. The molecule has 2 N–H and O–H groups in total. The smallest absolute Gasteiger partial charge is 0.146 e. The Kier molecular flexibility index (Phi) is 4.31. The highest BCUT2D eigenvalue weighted by atomic mass is 79.9. The van der Waals surface area contributed by atoms with Gasteiger partial charge in [-0.2, -0.15) is 0 Å². The molecule has 3 rings (SSSR count). The fraction of sp³-hybridized carbons (Fsp3) is 0.438. The Balaban J connectivity index is 1.89. The van der Waals surface area contributed by atoms with Crippen LogP contribution in [-0.2, 0) is 4.74 Å². The second-order valence-corrected chi connectivity index (χ2v) is 6.38. The molecular weight excluding hydrogens is 332 g/mol. The molecule has 1 aliphatic rings. The minimum Gasteiger partial charge on any atom is -0.488 e. The van der Waals surface area contributed by atoms with Crippen molar-refractivity contribution in [2.75, 3.05) is 12.8 Å². The molecule has 1 fully saturated rings. The number of nitrogens with zero attached hydrogens (tertiary/aromatic N) is 1. The second kappa shape index (κ2) is 6.20. The van der Waals surface area contributed by atoms with Gasteiger partial charge in [-0.15, -0.1) is 0 Å². The number of benzene rings is 1. The molecule has 0 amide bonds. The molecule has 0 spiro atoms. The van der Waals surface area contributed by atoms with Crippen molar-refractivity contribution in [3.05, 3.63) is 28.9 Å². The van der Waals surface area contributed by atoms with Crippen LogP contribution in [0.1, 0.15) is 25.7 Å². The van der Waals surface area contributed by atoms with Crippen molar-refractivity contribution < 1.29 is 9.47 Å². The average Bonchev–Trinajstić information content (AvgIpc) is 2.50. The van der Waals surface area contributed by atoms with E-state index in [9.17, 15) is 0 Å². The average molecular weight is 351 g/mol. The largest absolute Gasteiger partial charge is 0.488 e. The number of pyridine rings is 1. The van der Waals surface area contributed by atoms with Crippen LogP contribution in [0, 0.1) is 0 Å². The van der Waals surface area contributed by atoms with E-state index in [0.29, 0.717) is 11.8 Å². The number of hydrogen-bond acceptors (Lipinski definition) is 4. The Hall–Kier alpha value is -1.33. The van der Waals surface area contributed by atoms with Gasteiger partial charge in [-0.3, -0.25) is 4.98 Å². The number of ether oxygens (including phenoxy) is 2. The third-order valence-electron chi connectivity index (χ3n) is 4.02. The van der Waals surface area contributed by atoms with E-state index < -0.39 is 0 Å². The van der Waals surface area contributed by atoms with Gasteiger partial charge in [0.05, 0.1) is 6.10 Å². The summed E-state index contributed by atoms with van der Waals surface area (Å²) in [6.07, 6.45) is 6.49. The van der Waals surface area contributed by atoms with Crippen LogP contribution >= 0.6 is 15.9 Å². The fourth-order valence-electron chi connectivity index (χ4n) is 2.89. The van der Waals surface area contributed by atoms with Gasteiger partial charge in [0.1, 0.15) is 17.4 Å². The number of nitrogens with two attached hydrogens (primary N) is 1. The van der Waals surface area contributed by atoms with Crippen LogP contribution in [0.25, 0.3) is 10.9 Å². The summed E-state index contributed by atoms with van der Waals surface area (Å²) in [5.74, 6) is 0.799. The number of halogens is 1. The predicted octanol–water partition coefficient (Wildman–Crippen LogP) is 3.92. The maximum atomic E-state index is 6.18. The Bertz CT molecular complexity index is 647.